The topological polar surface area (TPSA) is 92.5 Å². The molecule has 0 saturated carbocycles. The number of aryl methyl sites for hydroxylation is 1. The molecule has 0 aliphatic carbocycles. The second-order valence-electron chi connectivity index (χ2n) is 5.11. The van der Waals surface area contributed by atoms with E-state index in [-0.39, 0.29) is 17.5 Å². The van der Waals surface area contributed by atoms with Crippen molar-refractivity contribution >= 4 is 11.6 Å². The van der Waals surface area contributed by atoms with Crippen molar-refractivity contribution in [2.45, 2.75) is 33.3 Å². The summed E-state index contributed by atoms with van der Waals surface area (Å²) >= 11 is 0. The normalized spacial score (nSPS) is 12.2. The van der Waals surface area contributed by atoms with E-state index in [2.05, 4.69) is 5.32 Å². The quantitative estimate of drug-likeness (QED) is 0.616. The number of carbonyl (C=O) groups is 1. The van der Waals surface area contributed by atoms with E-state index >= 15 is 0 Å². The predicted molar refractivity (Wildman–Crippen MR) is 75.6 cm³/mol. The molecule has 0 heterocycles. The third-order valence-corrected chi connectivity index (χ3v) is 3.15. The first-order valence-electron chi connectivity index (χ1n) is 6.54. The van der Waals surface area contributed by atoms with Crippen LogP contribution >= 0.6 is 0 Å². The SMILES string of the molecule is Cc1cc(C(=O)NCCC(O)C(C)C)ccc1[N+](=O)[O-]. The van der Waals surface area contributed by atoms with E-state index in [1.165, 1.54) is 18.2 Å². The van der Waals surface area contributed by atoms with E-state index < -0.39 is 11.0 Å². The number of nitro benzene ring substituents is 1. The first-order valence-corrected chi connectivity index (χ1v) is 6.54. The summed E-state index contributed by atoms with van der Waals surface area (Å²) in [6.45, 7) is 5.78. The zero-order valence-corrected chi connectivity index (χ0v) is 11.9. The van der Waals surface area contributed by atoms with E-state index in [0.29, 0.717) is 24.1 Å². The molecule has 0 saturated heterocycles. The van der Waals surface area contributed by atoms with E-state index in [4.69, 9.17) is 0 Å². The van der Waals surface area contributed by atoms with Crippen LogP contribution in [0.4, 0.5) is 5.69 Å². The van der Waals surface area contributed by atoms with Crippen LogP contribution in [0.3, 0.4) is 0 Å². The number of nitrogens with one attached hydrogen (secondary N) is 1. The van der Waals surface area contributed by atoms with Crippen LogP contribution in [0.15, 0.2) is 18.2 Å². The Morgan fingerprint density at radius 1 is 1.45 bits per heavy atom. The second kappa shape index (κ2) is 7.00. The zero-order chi connectivity index (χ0) is 15.3. The molecular formula is C14H20N2O4. The molecule has 1 aromatic rings. The summed E-state index contributed by atoms with van der Waals surface area (Å²) in [7, 11) is 0. The van der Waals surface area contributed by atoms with E-state index in [9.17, 15) is 20.0 Å². The van der Waals surface area contributed by atoms with Gasteiger partial charge in [-0.25, -0.2) is 0 Å². The summed E-state index contributed by atoms with van der Waals surface area (Å²) in [6, 6.07) is 4.25. The maximum absolute atomic E-state index is 11.9. The van der Waals surface area contributed by atoms with Gasteiger partial charge in [-0.15, -0.1) is 0 Å². The number of carbonyl (C=O) groups excluding carboxylic acids is 1. The van der Waals surface area contributed by atoms with Crippen molar-refractivity contribution in [1.82, 2.24) is 5.32 Å². The molecule has 0 aromatic heterocycles. The van der Waals surface area contributed by atoms with Crippen molar-refractivity contribution in [1.29, 1.82) is 0 Å². The maximum Gasteiger partial charge on any atom is 0.272 e. The van der Waals surface area contributed by atoms with E-state index in [1.54, 1.807) is 6.92 Å². The fraction of sp³-hybridized carbons (Fsp3) is 0.500. The summed E-state index contributed by atoms with van der Waals surface area (Å²) in [6.07, 6.45) is 0.0314. The Labute approximate surface area is 118 Å². The van der Waals surface area contributed by atoms with Crippen molar-refractivity contribution in [3.63, 3.8) is 0 Å². The van der Waals surface area contributed by atoms with Crippen LogP contribution in [0.25, 0.3) is 0 Å². The number of hydrogen-bond acceptors (Lipinski definition) is 4. The van der Waals surface area contributed by atoms with Crippen LogP contribution in [0.5, 0.6) is 0 Å². The number of benzene rings is 1. The highest BCUT2D eigenvalue weighted by Crippen LogP contribution is 2.18. The third-order valence-electron chi connectivity index (χ3n) is 3.15. The van der Waals surface area contributed by atoms with Crippen LogP contribution in [-0.4, -0.2) is 28.6 Å². The van der Waals surface area contributed by atoms with Crippen molar-refractivity contribution in [3.05, 3.63) is 39.4 Å². The van der Waals surface area contributed by atoms with Crippen molar-refractivity contribution in [3.8, 4) is 0 Å². The average Bonchev–Trinajstić information content (AvgIpc) is 2.37. The van der Waals surface area contributed by atoms with Gasteiger partial charge in [0.15, 0.2) is 0 Å². The van der Waals surface area contributed by atoms with Crippen molar-refractivity contribution < 1.29 is 14.8 Å². The fourth-order valence-corrected chi connectivity index (χ4v) is 1.77. The van der Waals surface area contributed by atoms with E-state index in [0.717, 1.165) is 0 Å². The van der Waals surface area contributed by atoms with Gasteiger partial charge < -0.3 is 10.4 Å². The molecule has 1 amide bonds. The number of amides is 1. The molecule has 1 atom stereocenters. The van der Waals surface area contributed by atoms with Crippen LogP contribution in [0.1, 0.15) is 36.2 Å². The van der Waals surface area contributed by atoms with Gasteiger partial charge in [0.05, 0.1) is 11.0 Å². The lowest BCUT2D eigenvalue weighted by atomic mass is 10.0. The van der Waals surface area contributed by atoms with Gasteiger partial charge in [-0.05, 0) is 31.4 Å². The van der Waals surface area contributed by atoms with Crippen LogP contribution in [-0.2, 0) is 0 Å². The van der Waals surface area contributed by atoms with Crippen LogP contribution < -0.4 is 5.32 Å². The number of hydrogen-bond donors (Lipinski definition) is 2. The van der Waals surface area contributed by atoms with Gasteiger partial charge in [-0.1, -0.05) is 13.8 Å². The molecular weight excluding hydrogens is 260 g/mol. The van der Waals surface area contributed by atoms with E-state index in [1.807, 2.05) is 13.8 Å². The first-order chi connectivity index (χ1) is 9.32. The summed E-state index contributed by atoms with van der Waals surface area (Å²) in [4.78, 5) is 22.1. The number of aliphatic hydroxyl groups is 1. The van der Waals surface area contributed by atoms with Gasteiger partial charge in [0.2, 0.25) is 0 Å². The standard InChI is InChI=1S/C14H20N2O4/c1-9(2)13(17)6-7-15-14(18)11-4-5-12(16(19)20)10(3)8-11/h4-5,8-9,13,17H,6-7H2,1-3H3,(H,15,18). The number of nitro groups is 1. The molecule has 2 N–H and O–H groups in total. The highest BCUT2D eigenvalue weighted by atomic mass is 16.6. The molecule has 6 heteroatoms. The molecule has 110 valence electrons. The molecule has 0 spiro atoms. The third kappa shape index (κ3) is 4.31. The molecule has 0 bridgehead atoms. The van der Waals surface area contributed by atoms with Gasteiger partial charge in [0.25, 0.3) is 11.6 Å². The Kier molecular flexibility index (Phi) is 5.64. The molecule has 0 fully saturated rings. The van der Waals surface area contributed by atoms with Gasteiger partial charge in [-0.2, -0.15) is 0 Å². The highest BCUT2D eigenvalue weighted by Gasteiger charge is 2.14. The molecule has 1 aromatic carbocycles. The van der Waals surface area contributed by atoms with Crippen molar-refractivity contribution in [2.75, 3.05) is 6.54 Å². The van der Waals surface area contributed by atoms with Gasteiger partial charge in [0, 0.05) is 23.7 Å². The van der Waals surface area contributed by atoms with Gasteiger partial charge in [-0.3, -0.25) is 14.9 Å². The van der Waals surface area contributed by atoms with Crippen LogP contribution in [0.2, 0.25) is 0 Å². The lowest BCUT2D eigenvalue weighted by Crippen LogP contribution is -2.28. The smallest absolute Gasteiger partial charge is 0.272 e. The number of nitrogens with zero attached hydrogens (tertiary/aromatic N) is 1. The predicted octanol–water partition coefficient (Wildman–Crippen LogP) is 2.04. The number of aliphatic hydroxyl groups excluding tert-OH is 1. The zero-order valence-electron chi connectivity index (χ0n) is 11.9. The van der Waals surface area contributed by atoms with Gasteiger partial charge >= 0.3 is 0 Å². The first kappa shape index (κ1) is 16.1. The Morgan fingerprint density at radius 3 is 2.60 bits per heavy atom. The number of rotatable bonds is 6. The second-order valence-corrected chi connectivity index (χ2v) is 5.11. The Morgan fingerprint density at radius 2 is 2.10 bits per heavy atom. The Bertz CT molecular complexity index is 500. The largest absolute Gasteiger partial charge is 0.393 e. The minimum Gasteiger partial charge on any atom is -0.393 e. The fourth-order valence-electron chi connectivity index (χ4n) is 1.77. The monoisotopic (exact) mass is 280 g/mol. The lowest BCUT2D eigenvalue weighted by molar-refractivity contribution is -0.385. The summed E-state index contributed by atoms with van der Waals surface area (Å²) in [5.74, 6) is -0.146. The molecule has 0 aliphatic heterocycles. The average molecular weight is 280 g/mol. The van der Waals surface area contributed by atoms with Gasteiger partial charge in [0.1, 0.15) is 0 Å². The summed E-state index contributed by atoms with van der Waals surface area (Å²) < 4.78 is 0. The maximum atomic E-state index is 11.9. The molecule has 1 rings (SSSR count). The van der Waals surface area contributed by atoms with Crippen LogP contribution in [0, 0.1) is 23.0 Å². The summed E-state index contributed by atoms with van der Waals surface area (Å²) in [5.41, 5.74) is 0.828. The minimum atomic E-state index is -0.476. The Hall–Kier alpha value is -1.95. The lowest BCUT2D eigenvalue weighted by Gasteiger charge is -2.14. The molecule has 1 unspecified atom stereocenters. The molecule has 0 radical (unpaired) electrons. The Balaban J connectivity index is 2.60. The minimum absolute atomic E-state index is 0.00298. The molecule has 6 nitrogen and oxygen atoms in total. The molecule has 20 heavy (non-hydrogen) atoms. The molecule has 0 aliphatic rings. The highest BCUT2D eigenvalue weighted by molar-refractivity contribution is 5.94. The summed E-state index contributed by atoms with van der Waals surface area (Å²) in [5, 5.41) is 23.0. The van der Waals surface area contributed by atoms with Crippen molar-refractivity contribution in [2.24, 2.45) is 5.92 Å².